The molecular weight excluding hydrogens is 460 g/mol. The predicted octanol–water partition coefficient (Wildman–Crippen LogP) is 5.05. The number of esters is 1. The maximum Gasteiger partial charge on any atom is 0.350 e. The summed E-state index contributed by atoms with van der Waals surface area (Å²) in [5.41, 5.74) is 1.97. The third-order valence-corrected chi connectivity index (χ3v) is 7.48. The van der Waals surface area contributed by atoms with Crippen molar-refractivity contribution in [3.8, 4) is 0 Å². The lowest BCUT2D eigenvalue weighted by Gasteiger charge is -2.10. The van der Waals surface area contributed by atoms with Crippen molar-refractivity contribution in [2.75, 3.05) is 17.1 Å². The predicted molar refractivity (Wildman–Crippen MR) is 130 cm³/mol. The number of nitrogens with one attached hydrogen (secondary N) is 2. The van der Waals surface area contributed by atoms with Crippen molar-refractivity contribution < 1.29 is 22.7 Å². The van der Waals surface area contributed by atoms with Gasteiger partial charge in [0.15, 0.2) is 0 Å². The maximum absolute atomic E-state index is 12.9. The number of hydrogen-bond acceptors (Lipinski definition) is 6. The number of aryl methyl sites for hydroxylation is 1. The highest BCUT2D eigenvalue weighted by atomic mass is 32.2. The number of anilines is 2. The Hall–Kier alpha value is -3.69. The van der Waals surface area contributed by atoms with Crippen LogP contribution in [-0.2, 0) is 14.8 Å². The summed E-state index contributed by atoms with van der Waals surface area (Å²) >= 11 is 1.24. The number of carbonyl (C=O) groups excluding carboxylic acids is 2. The number of methoxy groups -OCH3 is 1. The van der Waals surface area contributed by atoms with Gasteiger partial charge >= 0.3 is 5.97 Å². The molecule has 1 aromatic heterocycles. The first-order valence-electron chi connectivity index (χ1n) is 9.89. The van der Waals surface area contributed by atoms with Crippen LogP contribution in [-0.4, -0.2) is 27.4 Å². The Morgan fingerprint density at radius 2 is 1.58 bits per heavy atom. The quantitative estimate of drug-likeness (QED) is 0.376. The first-order chi connectivity index (χ1) is 15.8. The van der Waals surface area contributed by atoms with Gasteiger partial charge in [-0.25, -0.2) is 13.2 Å². The summed E-state index contributed by atoms with van der Waals surface area (Å²) in [5, 5.41) is 3.53. The molecule has 0 spiro atoms. The lowest BCUT2D eigenvalue weighted by atomic mass is 10.1. The van der Waals surface area contributed by atoms with Crippen LogP contribution in [0.2, 0.25) is 0 Å². The Labute approximate surface area is 195 Å². The molecule has 2 N–H and O–H groups in total. The van der Waals surface area contributed by atoms with Crippen LogP contribution in [0.1, 0.15) is 25.6 Å². The van der Waals surface area contributed by atoms with Gasteiger partial charge in [0.25, 0.3) is 15.9 Å². The number of amides is 1. The first kappa shape index (κ1) is 22.5. The number of sulfonamides is 1. The molecule has 4 rings (SSSR count). The largest absolute Gasteiger partial charge is 0.465 e. The van der Waals surface area contributed by atoms with Gasteiger partial charge in [-0.3, -0.25) is 9.52 Å². The van der Waals surface area contributed by atoms with Crippen LogP contribution in [0.15, 0.2) is 77.7 Å². The molecule has 0 aliphatic heterocycles. The number of hydrogen-bond donors (Lipinski definition) is 2. The minimum absolute atomic E-state index is 0.148. The molecule has 0 saturated heterocycles. The number of fused-ring (bicyclic) bond motifs is 1. The summed E-state index contributed by atoms with van der Waals surface area (Å²) in [5.74, 6) is -0.969. The monoisotopic (exact) mass is 480 g/mol. The average molecular weight is 481 g/mol. The van der Waals surface area contributed by atoms with Crippen LogP contribution in [0.4, 0.5) is 11.4 Å². The van der Waals surface area contributed by atoms with E-state index in [1.807, 2.05) is 31.2 Å². The van der Waals surface area contributed by atoms with Gasteiger partial charge in [0.1, 0.15) is 4.88 Å². The van der Waals surface area contributed by atoms with E-state index in [0.29, 0.717) is 21.8 Å². The molecule has 1 heterocycles. The van der Waals surface area contributed by atoms with Gasteiger partial charge in [-0.1, -0.05) is 35.9 Å². The first-order valence-corrected chi connectivity index (χ1v) is 12.2. The van der Waals surface area contributed by atoms with Crippen molar-refractivity contribution in [1.82, 2.24) is 0 Å². The molecule has 0 unspecified atom stereocenters. The van der Waals surface area contributed by atoms with Crippen molar-refractivity contribution >= 4 is 54.7 Å². The van der Waals surface area contributed by atoms with Crippen molar-refractivity contribution in [3.63, 3.8) is 0 Å². The smallest absolute Gasteiger partial charge is 0.350 e. The zero-order chi connectivity index (χ0) is 23.6. The summed E-state index contributed by atoms with van der Waals surface area (Å²) in [6.07, 6.45) is 0. The highest BCUT2D eigenvalue weighted by molar-refractivity contribution is 7.92. The third kappa shape index (κ3) is 4.74. The van der Waals surface area contributed by atoms with E-state index in [-0.39, 0.29) is 4.90 Å². The Morgan fingerprint density at radius 1 is 0.909 bits per heavy atom. The van der Waals surface area contributed by atoms with E-state index >= 15 is 0 Å². The molecule has 0 fully saturated rings. The van der Waals surface area contributed by atoms with Crippen LogP contribution in [0.5, 0.6) is 0 Å². The molecule has 0 aliphatic rings. The minimum atomic E-state index is -3.75. The second-order valence-corrected chi connectivity index (χ2v) is 9.98. The Morgan fingerprint density at radius 3 is 2.24 bits per heavy atom. The molecule has 0 aliphatic carbocycles. The van der Waals surface area contributed by atoms with E-state index in [9.17, 15) is 18.0 Å². The highest BCUT2D eigenvalue weighted by Crippen LogP contribution is 2.36. The lowest BCUT2D eigenvalue weighted by Crippen LogP contribution is -2.15. The molecule has 0 atom stereocenters. The Bertz CT molecular complexity index is 1440. The zero-order valence-corrected chi connectivity index (χ0v) is 19.4. The Kier molecular flexibility index (Phi) is 6.17. The Balaban J connectivity index is 1.55. The van der Waals surface area contributed by atoms with Gasteiger partial charge < -0.3 is 10.1 Å². The normalized spacial score (nSPS) is 11.2. The van der Waals surface area contributed by atoms with E-state index in [2.05, 4.69) is 10.0 Å². The molecule has 0 radical (unpaired) electrons. The fraction of sp³-hybridized carbons (Fsp3) is 0.0833. The van der Waals surface area contributed by atoms with Crippen LogP contribution in [0.25, 0.3) is 10.1 Å². The summed E-state index contributed by atoms with van der Waals surface area (Å²) in [6, 6.07) is 19.9. The minimum Gasteiger partial charge on any atom is -0.465 e. The number of benzene rings is 3. The number of ether oxygens (including phenoxy) is 1. The van der Waals surface area contributed by atoms with Crippen LogP contribution < -0.4 is 10.0 Å². The average Bonchev–Trinajstić information content (AvgIpc) is 3.17. The van der Waals surface area contributed by atoms with E-state index in [1.165, 1.54) is 54.8 Å². The summed E-state index contributed by atoms with van der Waals surface area (Å²) in [4.78, 5) is 25.5. The fourth-order valence-corrected chi connectivity index (χ4v) is 5.35. The molecule has 4 aromatic rings. The van der Waals surface area contributed by atoms with Crippen LogP contribution in [0.3, 0.4) is 0 Å². The van der Waals surface area contributed by atoms with Gasteiger partial charge in [0, 0.05) is 21.3 Å². The van der Waals surface area contributed by atoms with Crippen molar-refractivity contribution in [2.45, 2.75) is 11.8 Å². The molecule has 7 nitrogen and oxygen atoms in total. The summed E-state index contributed by atoms with van der Waals surface area (Å²) < 4.78 is 33.3. The van der Waals surface area contributed by atoms with Crippen LogP contribution in [0, 0.1) is 6.92 Å². The molecule has 168 valence electrons. The second-order valence-electron chi connectivity index (χ2n) is 7.24. The second kappa shape index (κ2) is 9.05. The molecular formula is C24H20N2O5S2. The van der Waals surface area contributed by atoms with E-state index in [4.69, 9.17) is 4.74 Å². The number of rotatable bonds is 6. The third-order valence-electron chi connectivity index (χ3n) is 4.94. The van der Waals surface area contributed by atoms with Crippen LogP contribution >= 0.6 is 11.3 Å². The van der Waals surface area contributed by atoms with Crippen molar-refractivity contribution in [1.29, 1.82) is 0 Å². The zero-order valence-electron chi connectivity index (χ0n) is 17.8. The molecule has 1 amide bonds. The van der Waals surface area contributed by atoms with E-state index in [0.717, 1.165) is 15.6 Å². The number of carbonyl (C=O) groups is 2. The molecule has 33 heavy (non-hydrogen) atoms. The fourth-order valence-electron chi connectivity index (χ4n) is 3.21. The summed E-state index contributed by atoms with van der Waals surface area (Å²) in [7, 11) is -2.46. The highest BCUT2D eigenvalue weighted by Gasteiger charge is 2.21. The lowest BCUT2D eigenvalue weighted by molar-refractivity contribution is 0.0607. The SMILES string of the molecule is COC(=O)c1sc2ccccc2c1NC(=O)c1ccc(NS(=O)(=O)c2ccc(C)cc2)cc1. The van der Waals surface area contributed by atoms with Gasteiger partial charge in [-0.05, 0) is 49.4 Å². The molecule has 9 heteroatoms. The van der Waals surface area contributed by atoms with Crippen molar-refractivity contribution in [2.24, 2.45) is 0 Å². The molecule has 0 saturated carbocycles. The van der Waals surface area contributed by atoms with E-state index < -0.39 is 21.9 Å². The van der Waals surface area contributed by atoms with Gasteiger partial charge in [-0.15, -0.1) is 11.3 Å². The van der Waals surface area contributed by atoms with E-state index in [1.54, 1.807) is 12.1 Å². The van der Waals surface area contributed by atoms with Gasteiger partial charge in [-0.2, -0.15) is 0 Å². The van der Waals surface area contributed by atoms with Crippen molar-refractivity contribution in [3.05, 3.63) is 88.8 Å². The topological polar surface area (TPSA) is 102 Å². The molecule has 0 bridgehead atoms. The summed E-state index contributed by atoms with van der Waals surface area (Å²) in [6.45, 7) is 1.88. The molecule has 3 aromatic carbocycles. The maximum atomic E-state index is 12.9. The number of thiophene rings is 1. The standard InChI is InChI=1S/C24H20N2O5S2/c1-15-7-13-18(14-8-15)33(29,30)26-17-11-9-16(10-12-17)23(27)25-21-19-5-3-4-6-20(19)32-22(21)24(28)31-2/h3-14,26H,1-2H3,(H,25,27). The van der Waals surface area contributed by atoms with Gasteiger partial charge in [0.2, 0.25) is 0 Å². The van der Waals surface area contributed by atoms with Gasteiger partial charge in [0.05, 0.1) is 17.7 Å².